The zero-order valence-corrected chi connectivity index (χ0v) is 80.9. The van der Waals surface area contributed by atoms with E-state index in [2.05, 4.69) is 179 Å². The number of hydrogen-bond acceptors (Lipinski definition) is 0. The summed E-state index contributed by atoms with van der Waals surface area (Å²) in [5.41, 5.74) is 3.94. The van der Waals surface area contributed by atoms with Gasteiger partial charge in [-0.3, -0.25) is 0 Å². The standard InChI is InChI=1S/C21H30.C20H26F2.C18H30.C16H28.C16H26.C15H26.C14H26.14H2/c1-3-17-6-10-19(11-7-17)21-14-12-20(13-15-21)18-8-4-16(2)5-9-18;1-2-14-3-5-15(6-4-14)16-7-9-17(10-8-16)18-11-12-19(21)20(22)13-18;1-3-5-15-7-11-17(12-8-15)18-13-9-16(6-4-2)10-14-18;1-3-4-14-7-11-16(12-8-14)15-9-5-13(2)6-10-15;1-3-13-5-9-15(10-6-13)16-11-7-14(4-2)8-12-16;1-3-13-6-10-15(11-7-13)14-8-4-12(2)5-9-14;1-11-3-7-13(8-4-11)14-9-5-12(2)6-10-14;;;;;;;;;;;;;;/h3-5,8-9,17,19-21H,1,6-7,10-15H2,2H3;2,11-17H,1,3-10H2;3-6,15-18H,7-14H2,1-2H3;3-4,13-16H,5-12H2,1-2H3;3-4,13-16H,1-2,5-12H2;3,12-15H,1,4-11H2,2H3;11-14H,3-10H2,1-2H3;14*1H/b;;5-3+,6-4+;4-3+;;;;;;;;;;;;;;;;;. The third-order valence-electron chi connectivity index (χ3n) is 37.0. The topological polar surface area (TPSA) is 0 Å². The molecular formula is C120H220F2. The fourth-order valence-corrected chi connectivity index (χ4v) is 28.0. The van der Waals surface area contributed by atoms with E-state index in [0.29, 0.717) is 5.92 Å². The maximum absolute atomic E-state index is 13.4. The Morgan fingerprint density at radius 2 is 0.393 bits per heavy atom. The van der Waals surface area contributed by atoms with Crippen LogP contribution in [-0.2, 0) is 0 Å². The van der Waals surface area contributed by atoms with Crippen molar-refractivity contribution in [2.24, 2.45) is 154 Å². The summed E-state index contributed by atoms with van der Waals surface area (Å²) >= 11 is 0. The lowest BCUT2D eigenvalue weighted by molar-refractivity contribution is 0.155. The van der Waals surface area contributed by atoms with Crippen molar-refractivity contribution >= 4 is 0 Å². The largest absolute Gasteiger partial charge is 0.204 e. The monoisotopic (exact) mass is 1700 g/mol. The Morgan fingerprint density at radius 3 is 0.582 bits per heavy atom. The smallest absolute Gasteiger partial charge is 0.159 e. The highest BCUT2D eigenvalue weighted by Crippen LogP contribution is 2.50. The van der Waals surface area contributed by atoms with Gasteiger partial charge in [0.25, 0.3) is 0 Å². The second-order valence-corrected chi connectivity index (χ2v) is 45.0. The molecule has 122 heavy (non-hydrogen) atoms. The zero-order chi connectivity index (χ0) is 86.4. The molecule has 0 heterocycles. The molecule has 0 N–H and O–H groups in total. The number of allylic oxidation sites excluding steroid dienone is 11. The minimum Gasteiger partial charge on any atom is -0.204 e. The third kappa shape index (κ3) is 33.6. The highest BCUT2D eigenvalue weighted by Gasteiger charge is 2.38. The predicted molar refractivity (Wildman–Crippen MR) is 560 cm³/mol. The van der Waals surface area contributed by atoms with Crippen LogP contribution < -0.4 is 0 Å². The van der Waals surface area contributed by atoms with Crippen LogP contribution in [-0.4, -0.2) is 0 Å². The van der Waals surface area contributed by atoms with E-state index in [0.717, 1.165) is 178 Å². The van der Waals surface area contributed by atoms with Gasteiger partial charge in [0.1, 0.15) is 0 Å². The Labute approximate surface area is 775 Å². The van der Waals surface area contributed by atoms with Crippen LogP contribution in [0.15, 0.2) is 142 Å². The maximum atomic E-state index is 13.4. The summed E-state index contributed by atoms with van der Waals surface area (Å²) in [6.07, 6.45) is 106. The first kappa shape index (κ1) is 100. The molecule has 0 radical (unpaired) electrons. The lowest BCUT2D eigenvalue weighted by Gasteiger charge is -2.37. The van der Waals surface area contributed by atoms with Crippen molar-refractivity contribution < 1.29 is 28.8 Å². The van der Waals surface area contributed by atoms with Crippen LogP contribution >= 0.6 is 0 Å². The van der Waals surface area contributed by atoms with Gasteiger partial charge in [-0.05, 0) is 525 Å². The molecule has 16 rings (SSSR count). The first-order valence-electron chi connectivity index (χ1n) is 54.0. The SMILES string of the molecule is C/C=C/C1CCC(C2CCC(/C=C/C)CC2)CC1.C/C=C/C1CCC(C2CCC(C)CC2)CC1.C=CC1CCC(C2CCC(C)CC2)CC1.C=CC1CCC(C2CCC(C=C)CC2)CC1.C=CC1CCC(C2CCC(c3ccc(C)cc3)CC2)CC1.C=CC1CCC(C2CCC(c3ccc(F)c(F)c3)CC2)CC1.CC1CCC(C2CCC(C)CC2)CC1.[HH].[HH].[HH].[HH].[HH].[HH].[HH].[HH].[HH].[HH].[HH].[HH].[HH].[HH]. The normalized spacial score (nSPS) is 38.4. The lowest BCUT2D eigenvalue weighted by atomic mass is 9.68. The first-order chi connectivity index (χ1) is 59.4. The molecule has 14 saturated carbocycles. The van der Waals surface area contributed by atoms with Crippen LogP contribution in [0.25, 0.3) is 0 Å². The van der Waals surface area contributed by atoms with Crippen molar-refractivity contribution in [3.63, 3.8) is 0 Å². The van der Waals surface area contributed by atoms with Gasteiger partial charge in [-0.2, -0.15) is 0 Å². The van der Waals surface area contributed by atoms with E-state index in [9.17, 15) is 8.78 Å². The molecule has 0 bridgehead atoms. The van der Waals surface area contributed by atoms with Crippen molar-refractivity contribution in [2.75, 3.05) is 0 Å². The molecule has 14 fully saturated rings. The summed E-state index contributed by atoms with van der Waals surface area (Å²) in [5, 5.41) is 0. The van der Waals surface area contributed by atoms with Gasteiger partial charge in [-0.1, -0.05) is 182 Å². The van der Waals surface area contributed by atoms with E-state index < -0.39 is 11.6 Å². The van der Waals surface area contributed by atoms with E-state index in [4.69, 9.17) is 0 Å². The van der Waals surface area contributed by atoms with Gasteiger partial charge in [-0.15, -0.1) is 32.9 Å². The molecule has 0 spiro atoms. The molecule has 0 atom stereocenters. The average Bonchev–Trinajstić information content (AvgIpc) is 0.835. The Hall–Kier alpha value is -3.78. The van der Waals surface area contributed by atoms with Crippen LogP contribution in [0, 0.1) is 172 Å². The number of aryl methyl sites for hydroxylation is 1. The summed E-state index contributed by atoms with van der Waals surface area (Å²) in [6, 6.07) is 13.7. The van der Waals surface area contributed by atoms with Crippen LogP contribution in [0.5, 0.6) is 0 Å². The first-order valence-corrected chi connectivity index (χ1v) is 54.0. The van der Waals surface area contributed by atoms with Gasteiger partial charge in [0, 0.05) is 20.0 Å². The molecule has 0 amide bonds. The molecular weight excluding hydrogens is 1480 g/mol. The fourth-order valence-electron chi connectivity index (χ4n) is 28.0. The highest BCUT2D eigenvalue weighted by atomic mass is 19.2. The molecule has 2 heteroatoms. The van der Waals surface area contributed by atoms with Crippen molar-refractivity contribution in [3.05, 3.63) is 171 Å². The van der Waals surface area contributed by atoms with Crippen LogP contribution in [0.4, 0.5) is 8.78 Å². The number of benzene rings is 2. The van der Waals surface area contributed by atoms with Gasteiger partial charge < -0.3 is 0 Å². The fraction of sp³-hybridized carbons (Fsp3) is 0.767. The second kappa shape index (κ2) is 55.3. The van der Waals surface area contributed by atoms with Gasteiger partial charge in [0.05, 0.1) is 0 Å². The van der Waals surface area contributed by atoms with Gasteiger partial charge >= 0.3 is 0 Å². The Kier molecular flexibility index (Phi) is 45.5. The highest BCUT2D eigenvalue weighted by molar-refractivity contribution is 5.25. The molecule has 0 saturated heterocycles. The van der Waals surface area contributed by atoms with E-state index in [1.165, 1.54) is 339 Å². The van der Waals surface area contributed by atoms with E-state index in [1.54, 1.807) is 37.3 Å². The van der Waals surface area contributed by atoms with Crippen LogP contribution in [0.2, 0.25) is 0 Å². The molecule has 0 unspecified atom stereocenters. The molecule has 2 aromatic carbocycles. The van der Waals surface area contributed by atoms with Crippen molar-refractivity contribution in [1.82, 2.24) is 0 Å². The molecule has 0 aromatic heterocycles. The number of hydrogen-bond donors (Lipinski definition) is 0. The third-order valence-corrected chi connectivity index (χ3v) is 37.0. The number of rotatable bonds is 17. The molecule has 0 nitrogen and oxygen atoms in total. The number of halogens is 2. The predicted octanol–water partition coefficient (Wildman–Crippen LogP) is 41.3. The van der Waals surface area contributed by atoms with Gasteiger partial charge in [0.2, 0.25) is 0 Å². The molecule has 0 aliphatic heterocycles. The zero-order valence-electron chi connectivity index (χ0n) is 80.9. The molecule has 714 valence electrons. The van der Waals surface area contributed by atoms with E-state index in [-0.39, 0.29) is 20.0 Å². The van der Waals surface area contributed by atoms with E-state index >= 15 is 0 Å². The summed E-state index contributed by atoms with van der Waals surface area (Å²) in [5.74, 6) is 25.0. The summed E-state index contributed by atoms with van der Waals surface area (Å²) in [4.78, 5) is 0. The van der Waals surface area contributed by atoms with Crippen molar-refractivity contribution in [1.29, 1.82) is 0 Å². The second-order valence-electron chi connectivity index (χ2n) is 45.0. The molecule has 14 aliphatic rings. The lowest BCUT2D eigenvalue weighted by Crippen LogP contribution is -2.25. The summed E-state index contributed by atoms with van der Waals surface area (Å²) in [6.45, 7) is 38.1. The molecule has 14 aliphatic carbocycles. The van der Waals surface area contributed by atoms with Crippen LogP contribution in [0.3, 0.4) is 0 Å². The van der Waals surface area contributed by atoms with Crippen molar-refractivity contribution in [2.45, 2.75) is 427 Å². The molecule has 2 aromatic rings. The Balaban J connectivity index is -0.000000485. The summed E-state index contributed by atoms with van der Waals surface area (Å²) in [7, 11) is 0. The summed E-state index contributed by atoms with van der Waals surface area (Å²) < 4.78 is 26.4. The minimum atomic E-state index is -0.739. The van der Waals surface area contributed by atoms with Gasteiger partial charge in [-0.25, -0.2) is 8.78 Å². The van der Waals surface area contributed by atoms with Crippen LogP contribution in [0.1, 0.15) is 457 Å². The quantitative estimate of drug-likeness (QED) is 0.139. The Bertz CT molecular complexity index is 3180. The van der Waals surface area contributed by atoms with E-state index in [1.807, 2.05) is 0 Å². The Morgan fingerprint density at radius 1 is 0.221 bits per heavy atom. The minimum absolute atomic E-state index is 0. The van der Waals surface area contributed by atoms with Gasteiger partial charge in [0.15, 0.2) is 11.6 Å². The average molecular weight is 1700 g/mol. The van der Waals surface area contributed by atoms with Crippen molar-refractivity contribution in [3.8, 4) is 0 Å². The maximum Gasteiger partial charge on any atom is 0.159 e.